The Labute approximate surface area is 93.2 Å². The van der Waals surface area contributed by atoms with Crippen molar-refractivity contribution in [1.82, 2.24) is 10.2 Å². The van der Waals surface area contributed by atoms with Gasteiger partial charge < -0.3 is 10.2 Å². The highest BCUT2D eigenvalue weighted by molar-refractivity contribution is 5.75. The molecule has 1 heterocycles. The Kier molecular flexibility index (Phi) is 5.09. The number of hydrogen-bond donors (Lipinski definition) is 1. The molecule has 0 radical (unpaired) electrons. The first-order chi connectivity index (χ1) is 7.17. The molecule has 1 fully saturated rings. The lowest BCUT2D eigenvalue weighted by molar-refractivity contribution is -0.121. The van der Waals surface area contributed by atoms with Crippen molar-refractivity contribution in [3.05, 3.63) is 0 Å². The number of likely N-dealkylation sites (N-methyl/N-ethyl adjacent to an activating group) is 1. The molecule has 88 valence electrons. The van der Waals surface area contributed by atoms with Gasteiger partial charge in [0, 0.05) is 25.0 Å². The van der Waals surface area contributed by atoms with Gasteiger partial charge in [0.05, 0.1) is 0 Å². The van der Waals surface area contributed by atoms with E-state index in [-0.39, 0.29) is 5.91 Å². The van der Waals surface area contributed by atoms with E-state index in [1.165, 1.54) is 19.3 Å². The second kappa shape index (κ2) is 6.11. The van der Waals surface area contributed by atoms with E-state index in [0.717, 1.165) is 19.0 Å². The fourth-order valence-electron chi connectivity index (χ4n) is 2.35. The van der Waals surface area contributed by atoms with Crippen molar-refractivity contribution in [2.75, 3.05) is 13.6 Å². The number of rotatable bonds is 4. The SMILES string of the molecule is CCCC1CCC(NC(=O)CC)CN1C. The van der Waals surface area contributed by atoms with Crippen LogP contribution in [0.4, 0.5) is 0 Å². The lowest BCUT2D eigenvalue weighted by Gasteiger charge is -2.37. The van der Waals surface area contributed by atoms with Crippen molar-refractivity contribution in [3.8, 4) is 0 Å². The molecule has 2 unspecified atom stereocenters. The minimum Gasteiger partial charge on any atom is -0.352 e. The Morgan fingerprint density at radius 2 is 2.13 bits per heavy atom. The first-order valence-corrected chi connectivity index (χ1v) is 6.17. The van der Waals surface area contributed by atoms with Crippen molar-refractivity contribution < 1.29 is 4.79 Å². The molecule has 0 saturated carbocycles. The molecule has 0 bridgehead atoms. The van der Waals surface area contributed by atoms with Crippen molar-refractivity contribution >= 4 is 5.91 Å². The molecular weight excluding hydrogens is 188 g/mol. The zero-order valence-electron chi connectivity index (χ0n) is 10.3. The van der Waals surface area contributed by atoms with Gasteiger partial charge in [0.15, 0.2) is 0 Å². The minimum absolute atomic E-state index is 0.183. The molecule has 1 saturated heterocycles. The first kappa shape index (κ1) is 12.5. The van der Waals surface area contributed by atoms with E-state index in [1.807, 2.05) is 6.92 Å². The van der Waals surface area contributed by atoms with Crippen LogP contribution < -0.4 is 5.32 Å². The molecule has 2 atom stereocenters. The highest BCUT2D eigenvalue weighted by Gasteiger charge is 2.25. The number of carbonyl (C=O) groups excluding carboxylic acids is 1. The van der Waals surface area contributed by atoms with Crippen LogP contribution in [-0.2, 0) is 4.79 Å². The molecule has 0 spiro atoms. The normalized spacial score (nSPS) is 27.7. The zero-order chi connectivity index (χ0) is 11.3. The van der Waals surface area contributed by atoms with Crippen molar-refractivity contribution in [2.45, 2.75) is 58.0 Å². The molecule has 1 amide bonds. The zero-order valence-corrected chi connectivity index (χ0v) is 10.3. The predicted octanol–water partition coefficient (Wildman–Crippen LogP) is 1.78. The van der Waals surface area contributed by atoms with Crippen LogP contribution in [0.5, 0.6) is 0 Å². The maximum Gasteiger partial charge on any atom is 0.219 e. The van der Waals surface area contributed by atoms with Crippen LogP contribution in [0.15, 0.2) is 0 Å². The summed E-state index contributed by atoms with van der Waals surface area (Å²) >= 11 is 0. The summed E-state index contributed by atoms with van der Waals surface area (Å²) in [5.74, 6) is 0.183. The Balaban J connectivity index is 2.33. The number of piperidine rings is 1. The molecule has 0 aromatic carbocycles. The van der Waals surface area contributed by atoms with Crippen LogP contribution in [-0.4, -0.2) is 36.5 Å². The summed E-state index contributed by atoms with van der Waals surface area (Å²) in [4.78, 5) is 13.7. The van der Waals surface area contributed by atoms with Gasteiger partial charge in [-0.1, -0.05) is 20.3 Å². The third-order valence-corrected chi connectivity index (χ3v) is 3.29. The largest absolute Gasteiger partial charge is 0.352 e. The fourth-order valence-corrected chi connectivity index (χ4v) is 2.35. The van der Waals surface area contributed by atoms with Gasteiger partial charge in [0.2, 0.25) is 5.91 Å². The lowest BCUT2D eigenvalue weighted by atomic mass is 9.95. The first-order valence-electron chi connectivity index (χ1n) is 6.17. The van der Waals surface area contributed by atoms with E-state index in [9.17, 15) is 4.79 Å². The van der Waals surface area contributed by atoms with E-state index in [4.69, 9.17) is 0 Å². The molecule has 1 rings (SSSR count). The molecule has 15 heavy (non-hydrogen) atoms. The Morgan fingerprint density at radius 1 is 1.40 bits per heavy atom. The van der Waals surface area contributed by atoms with E-state index in [2.05, 4.69) is 24.2 Å². The van der Waals surface area contributed by atoms with E-state index in [0.29, 0.717) is 12.5 Å². The quantitative estimate of drug-likeness (QED) is 0.770. The molecule has 1 aliphatic rings. The number of hydrogen-bond acceptors (Lipinski definition) is 2. The maximum absolute atomic E-state index is 11.3. The molecule has 0 aromatic rings. The van der Waals surface area contributed by atoms with Crippen molar-refractivity contribution in [1.29, 1.82) is 0 Å². The molecule has 3 nitrogen and oxygen atoms in total. The monoisotopic (exact) mass is 212 g/mol. The molecule has 1 N–H and O–H groups in total. The standard InChI is InChI=1S/C12H24N2O/c1-4-6-11-8-7-10(9-14(11)3)13-12(15)5-2/h10-11H,4-9H2,1-3H3,(H,13,15). The van der Waals surface area contributed by atoms with Gasteiger partial charge in [-0.3, -0.25) is 4.79 Å². The summed E-state index contributed by atoms with van der Waals surface area (Å²) < 4.78 is 0. The molecule has 0 aliphatic carbocycles. The van der Waals surface area contributed by atoms with E-state index >= 15 is 0 Å². The van der Waals surface area contributed by atoms with Crippen LogP contribution in [0.2, 0.25) is 0 Å². The van der Waals surface area contributed by atoms with Crippen molar-refractivity contribution in [3.63, 3.8) is 0 Å². The summed E-state index contributed by atoms with van der Waals surface area (Å²) in [5.41, 5.74) is 0. The van der Waals surface area contributed by atoms with Gasteiger partial charge in [-0.25, -0.2) is 0 Å². The third kappa shape index (κ3) is 3.82. The molecule has 1 aliphatic heterocycles. The van der Waals surface area contributed by atoms with Crippen molar-refractivity contribution in [2.24, 2.45) is 0 Å². The molecular formula is C12H24N2O. The van der Waals surface area contributed by atoms with E-state index in [1.54, 1.807) is 0 Å². The molecule has 0 aromatic heterocycles. The second-order valence-corrected chi connectivity index (χ2v) is 4.58. The fraction of sp³-hybridized carbons (Fsp3) is 0.917. The average Bonchev–Trinajstić information content (AvgIpc) is 2.22. The highest BCUT2D eigenvalue weighted by Crippen LogP contribution is 2.19. The maximum atomic E-state index is 11.3. The Morgan fingerprint density at radius 3 is 2.67 bits per heavy atom. The number of likely N-dealkylation sites (tertiary alicyclic amines) is 1. The summed E-state index contributed by atoms with van der Waals surface area (Å²) in [6, 6.07) is 1.10. The summed E-state index contributed by atoms with van der Waals surface area (Å²) in [6.07, 6.45) is 5.49. The highest BCUT2D eigenvalue weighted by atomic mass is 16.1. The van der Waals surface area contributed by atoms with Gasteiger partial charge in [0.1, 0.15) is 0 Å². The van der Waals surface area contributed by atoms with Crippen LogP contribution >= 0.6 is 0 Å². The molecule has 3 heteroatoms. The van der Waals surface area contributed by atoms with Crippen LogP contribution in [0.3, 0.4) is 0 Å². The van der Waals surface area contributed by atoms with E-state index < -0.39 is 0 Å². The van der Waals surface area contributed by atoms with Crippen LogP contribution in [0, 0.1) is 0 Å². The van der Waals surface area contributed by atoms with Crippen LogP contribution in [0.25, 0.3) is 0 Å². The van der Waals surface area contributed by atoms with Gasteiger partial charge in [-0.15, -0.1) is 0 Å². The van der Waals surface area contributed by atoms with Gasteiger partial charge in [0.25, 0.3) is 0 Å². The summed E-state index contributed by atoms with van der Waals surface area (Å²) in [6.45, 7) is 5.15. The average molecular weight is 212 g/mol. The van der Waals surface area contributed by atoms with Gasteiger partial charge >= 0.3 is 0 Å². The number of amides is 1. The second-order valence-electron chi connectivity index (χ2n) is 4.58. The minimum atomic E-state index is 0.183. The third-order valence-electron chi connectivity index (χ3n) is 3.29. The topological polar surface area (TPSA) is 32.3 Å². The number of carbonyl (C=O) groups is 1. The summed E-state index contributed by atoms with van der Waals surface area (Å²) in [7, 11) is 2.17. The Bertz CT molecular complexity index is 206. The number of nitrogens with one attached hydrogen (secondary N) is 1. The van der Waals surface area contributed by atoms with Gasteiger partial charge in [-0.2, -0.15) is 0 Å². The van der Waals surface area contributed by atoms with Crippen LogP contribution in [0.1, 0.15) is 46.0 Å². The number of nitrogens with zero attached hydrogens (tertiary/aromatic N) is 1. The smallest absolute Gasteiger partial charge is 0.219 e. The lowest BCUT2D eigenvalue weighted by Crippen LogP contribution is -2.50. The Hall–Kier alpha value is -0.570. The predicted molar refractivity (Wildman–Crippen MR) is 62.8 cm³/mol. The summed E-state index contributed by atoms with van der Waals surface area (Å²) in [5, 5.41) is 3.08. The van der Waals surface area contributed by atoms with Gasteiger partial charge in [-0.05, 0) is 26.3 Å².